The molecule has 2 atom stereocenters. The monoisotopic (exact) mass is 315 g/mol. The summed E-state index contributed by atoms with van der Waals surface area (Å²) in [5.74, 6) is -0.551. The molecular formula is C19H22FNO2. The summed E-state index contributed by atoms with van der Waals surface area (Å²) in [7, 11) is 1.55. The lowest BCUT2D eigenvalue weighted by Gasteiger charge is -2.20. The highest BCUT2D eigenvalue weighted by Gasteiger charge is 2.20. The summed E-state index contributed by atoms with van der Waals surface area (Å²) in [6.45, 7) is 2.29. The van der Waals surface area contributed by atoms with Crippen LogP contribution < -0.4 is 5.32 Å². The Kier molecular flexibility index (Phi) is 6.29. The van der Waals surface area contributed by atoms with Gasteiger partial charge in [-0.15, -0.1) is 0 Å². The third-order valence-corrected chi connectivity index (χ3v) is 3.89. The van der Waals surface area contributed by atoms with Crippen LogP contribution in [0.5, 0.6) is 0 Å². The predicted molar refractivity (Wildman–Crippen MR) is 88.6 cm³/mol. The number of methoxy groups -OCH3 is 1. The Hall–Kier alpha value is -2.20. The summed E-state index contributed by atoms with van der Waals surface area (Å²) in [5, 5.41) is 2.91. The van der Waals surface area contributed by atoms with Crippen molar-refractivity contribution < 1.29 is 13.9 Å². The van der Waals surface area contributed by atoms with Gasteiger partial charge in [-0.25, -0.2) is 4.39 Å². The highest BCUT2D eigenvalue weighted by Crippen LogP contribution is 2.21. The molecule has 0 heterocycles. The van der Waals surface area contributed by atoms with Crippen LogP contribution in [0.15, 0.2) is 54.6 Å². The standard InChI is InChI=1S/C19H22FNO2/c1-3-17(14-8-5-4-6-9-14)19(22)21-13-18(23-2)15-10-7-11-16(20)12-15/h4-12,17-18H,3,13H2,1-2H3,(H,21,22)/t17-,18-/m0/s1. The van der Waals surface area contributed by atoms with Crippen molar-refractivity contribution in [1.29, 1.82) is 0 Å². The fraction of sp³-hybridized carbons (Fsp3) is 0.316. The molecule has 0 aliphatic rings. The molecule has 2 aromatic rings. The van der Waals surface area contributed by atoms with Crippen LogP contribution in [-0.4, -0.2) is 19.6 Å². The molecule has 0 unspecified atom stereocenters. The summed E-state index contributed by atoms with van der Waals surface area (Å²) in [6.07, 6.45) is 0.343. The van der Waals surface area contributed by atoms with Gasteiger partial charge in [-0.2, -0.15) is 0 Å². The van der Waals surface area contributed by atoms with Crippen LogP contribution in [0.4, 0.5) is 4.39 Å². The third-order valence-electron chi connectivity index (χ3n) is 3.89. The van der Waals surface area contributed by atoms with Gasteiger partial charge in [0.1, 0.15) is 5.82 Å². The largest absolute Gasteiger partial charge is 0.375 e. The molecule has 1 amide bonds. The average Bonchev–Trinajstić information content (AvgIpc) is 2.57. The zero-order chi connectivity index (χ0) is 16.7. The van der Waals surface area contributed by atoms with E-state index in [4.69, 9.17) is 4.74 Å². The van der Waals surface area contributed by atoms with Gasteiger partial charge in [0.15, 0.2) is 0 Å². The van der Waals surface area contributed by atoms with E-state index >= 15 is 0 Å². The van der Waals surface area contributed by atoms with Crippen molar-refractivity contribution in [2.75, 3.05) is 13.7 Å². The van der Waals surface area contributed by atoms with Gasteiger partial charge in [0.2, 0.25) is 5.91 Å². The maximum atomic E-state index is 13.3. The highest BCUT2D eigenvalue weighted by atomic mass is 19.1. The first-order valence-electron chi connectivity index (χ1n) is 7.76. The van der Waals surface area contributed by atoms with E-state index < -0.39 is 0 Å². The number of ether oxygens (including phenoxy) is 1. The fourth-order valence-electron chi connectivity index (χ4n) is 2.62. The molecule has 122 valence electrons. The second-order valence-corrected chi connectivity index (χ2v) is 5.40. The van der Waals surface area contributed by atoms with E-state index in [1.165, 1.54) is 12.1 Å². The quantitative estimate of drug-likeness (QED) is 0.843. The molecule has 3 nitrogen and oxygen atoms in total. The van der Waals surface area contributed by atoms with E-state index in [1.807, 2.05) is 37.3 Å². The van der Waals surface area contributed by atoms with Gasteiger partial charge in [0, 0.05) is 13.7 Å². The average molecular weight is 315 g/mol. The minimum atomic E-state index is -0.372. The number of benzene rings is 2. The Balaban J connectivity index is 2.01. The summed E-state index contributed by atoms with van der Waals surface area (Å²) in [4.78, 5) is 12.5. The van der Waals surface area contributed by atoms with Crippen LogP contribution in [0.1, 0.15) is 36.5 Å². The van der Waals surface area contributed by atoms with E-state index in [1.54, 1.807) is 19.2 Å². The summed E-state index contributed by atoms with van der Waals surface area (Å²) < 4.78 is 18.7. The van der Waals surface area contributed by atoms with Gasteiger partial charge in [-0.3, -0.25) is 4.79 Å². The summed E-state index contributed by atoms with van der Waals surface area (Å²) in [5.41, 5.74) is 1.70. The Morgan fingerprint density at radius 1 is 1.13 bits per heavy atom. The number of hydrogen-bond acceptors (Lipinski definition) is 2. The lowest BCUT2D eigenvalue weighted by atomic mass is 9.95. The van der Waals surface area contributed by atoms with Crippen molar-refractivity contribution in [2.24, 2.45) is 0 Å². The molecular weight excluding hydrogens is 293 g/mol. The Morgan fingerprint density at radius 2 is 1.83 bits per heavy atom. The molecule has 0 saturated carbocycles. The molecule has 0 spiro atoms. The molecule has 1 N–H and O–H groups in total. The molecule has 4 heteroatoms. The molecule has 0 aliphatic carbocycles. The predicted octanol–water partition coefficient (Wildman–Crippen LogP) is 3.82. The van der Waals surface area contributed by atoms with Gasteiger partial charge in [0.25, 0.3) is 0 Å². The fourth-order valence-corrected chi connectivity index (χ4v) is 2.62. The van der Waals surface area contributed by atoms with Crippen LogP contribution in [0.25, 0.3) is 0 Å². The van der Waals surface area contributed by atoms with Gasteiger partial charge in [-0.05, 0) is 29.7 Å². The van der Waals surface area contributed by atoms with E-state index in [-0.39, 0.29) is 23.7 Å². The number of rotatable bonds is 7. The molecule has 0 aromatic heterocycles. The minimum Gasteiger partial charge on any atom is -0.375 e. The van der Waals surface area contributed by atoms with Crippen LogP contribution in [0, 0.1) is 5.82 Å². The second-order valence-electron chi connectivity index (χ2n) is 5.40. The molecule has 2 aromatic carbocycles. The first-order valence-corrected chi connectivity index (χ1v) is 7.76. The molecule has 2 rings (SSSR count). The van der Waals surface area contributed by atoms with E-state index in [0.29, 0.717) is 18.5 Å². The van der Waals surface area contributed by atoms with Crippen LogP contribution in [-0.2, 0) is 9.53 Å². The van der Waals surface area contributed by atoms with Crippen LogP contribution in [0.3, 0.4) is 0 Å². The van der Waals surface area contributed by atoms with Crippen molar-refractivity contribution in [2.45, 2.75) is 25.4 Å². The van der Waals surface area contributed by atoms with Crippen molar-refractivity contribution in [3.8, 4) is 0 Å². The van der Waals surface area contributed by atoms with Crippen molar-refractivity contribution in [3.05, 3.63) is 71.5 Å². The Bertz CT molecular complexity index is 630. The van der Waals surface area contributed by atoms with Gasteiger partial charge in [0.05, 0.1) is 12.0 Å². The number of halogens is 1. The van der Waals surface area contributed by atoms with Crippen LogP contribution in [0.2, 0.25) is 0 Å². The number of carbonyl (C=O) groups excluding carboxylic acids is 1. The zero-order valence-electron chi connectivity index (χ0n) is 13.5. The normalized spacial score (nSPS) is 13.3. The molecule has 23 heavy (non-hydrogen) atoms. The zero-order valence-corrected chi connectivity index (χ0v) is 13.5. The van der Waals surface area contributed by atoms with Gasteiger partial charge < -0.3 is 10.1 Å². The van der Waals surface area contributed by atoms with Crippen LogP contribution >= 0.6 is 0 Å². The summed E-state index contributed by atoms with van der Waals surface area (Å²) in [6, 6.07) is 15.9. The maximum absolute atomic E-state index is 13.3. The number of hydrogen-bond donors (Lipinski definition) is 1. The SMILES string of the molecule is CC[C@H](C(=O)NC[C@H](OC)c1cccc(F)c1)c1ccccc1. The lowest BCUT2D eigenvalue weighted by Crippen LogP contribution is -2.33. The Labute approximate surface area is 136 Å². The second kappa shape index (κ2) is 8.44. The van der Waals surface area contributed by atoms with E-state index in [2.05, 4.69) is 5.32 Å². The highest BCUT2D eigenvalue weighted by molar-refractivity contribution is 5.83. The molecule has 0 bridgehead atoms. The number of carbonyl (C=O) groups is 1. The topological polar surface area (TPSA) is 38.3 Å². The molecule has 0 saturated heterocycles. The summed E-state index contributed by atoms with van der Waals surface area (Å²) >= 11 is 0. The van der Waals surface area contributed by atoms with Crippen molar-refractivity contribution >= 4 is 5.91 Å². The Morgan fingerprint density at radius 3 is 2.43 bits per heavy atom. The van der Waals surface area contributed by atoms with Crippen molar-refractivity contribution in [1.82, 2.24) is 5.32 Å². The van der Waals surface area contributed by atoms with Gasteiger partial charge >= 0.3 is 0 Å². The molecule has 0 fully saturated rings. The van der Waals surface area contributed by atoms with E-state index in [9.17, 15) is 9.18 Å². The van der Waals surface area contributed by atoms with Crippen molar-refractivity contribution in [3.63, 3.8) is 0 Å². The smallest absolute Gasteiger partial charge is 0.227 e. The van der Waals surface area contributed by atoms with Gasteiger partial charge in [-0.1, -0.05) is 49.4 Å². The van der Waals surface area contributed by atoms with E-state index in [0.717, 1.165) is 5.56 Å². The third kappa shape index (κ3) is 4.63. The lowest BCUT2D eigenvalue weighted by molar-refractivity contribution is -0.123. The molecule has 0 aliphatic heterocycles. The number of nitrogens with one attached hydrogen (secondary N) is 1. The minimum absolute atomic E-state index is 0.0443. The maximum Gasteiger partial charge on any atom is 0.227 e. The first kappa shape index (κ1) is 17.2. The molecule has 0 radical (unpaired) electrons. The first-order chi connectivity index (χ1) is 11.2. The number of amides is 1.